The van der Waals surface area contributed by atoms with Crippen molar-refractivity contribution in [1.29, 1.82) is 0 Å². The number of fused-ring (bicyclic) bond motifs is 2. The molecule has 26 heavy (non-hydrogen) atoms. The molecule has 1 atom stereocenters. The van der Waals surface area contributed by atoms with Gasteiger partial charge in [0.15, 0.2) is 0 Å². The molecule has 0 aliphatic carbocycles. The summed E-state index contributed by atoms with van der Waals surface area (Å²) in [7, 11) is 0. The molecule has 0 amide bonds. The predicted octanol–water partition coefficient (Wildman–Crippen LogP) is 2.91. The Kier molecular flexibility index (Phi) is 4.29. The van der Waals surface area contributed by atoms with Crippen LogP contribution in [0.3, 0.4) is 0 Å². The SMILES string of the molecule is CCOC(=O)CN1c2ccc(Cl)cc2C(=c2ccc3c(c2)C=CN=3)C1C. The van der Waals surface area contributed by atoms with Gasteiger partial charge in [-0.3, -0.25) is 9.79 Å². The lowest BCUT2D eigenvalue weighted by Crippen LogP contribution is -2.36. The van der Waals surface area contributed by atoms with Gasteiger partial charge >= 0.3 is 5.97 Å². The summed E-state index contributed by atoms with van der Waals surface area (Å²) in [6.07, 6.45) is 3.82. The Balaban J connectivity index is 1.88. The number of ether oxygens (including phenoxy) is 1. The topological polar surface area (TPSA) is 41.9 Å². The summed E-state index contributed by atoms with van der Waals surface area (Å²) in [5.74, 6) is -0.225. The minimum atomic E-state index is -0.225. The van der Waals surface area contributed by atoms with E-state index in [1.165, 1.54) is 0 Å². The van der Waals surface area contributed by atoms with Gasteiger partial charge in [0.1, 0.15) is 6.54 Å². The van der Waals surface area contributed by atoms with Crippen LogP contribution in [0, 0.1) is 0 Å². The number of carbonyl (C=O) groups excluding carboxylic acids is 1. The Morgan fingerprint density at radius 3 is 2.92 bits per heavy atom. The van der Waals surface area contributed by atoms with E-state index in [0.29, 0.717) is 11.6 Å². The van der Waals surface area contributed by atoms with Gasteiger partial charge in [-0.25, -0.2) is 0 Å². The highest BCUT2D eigenvalue weighted by atomic mass is 35.5. The third kappa shape index (κ3) is 2.80. The van der Waals surface area contributed by atoms with E-state index in [0.717, 1.165) is 33.0 Å². The number of benzene rings is 2. The summed E-state index contributed by atoms with van der Waals surface area (Å²) in [5, 5.41) is 2.78. The molecular formula is C21H19ClN2O2. The van der Waals surface area contributed by atoms with Crippen LogP contribution in [0.4, 0.5) is 5.69 Å². The number of halogens is 1. The molecule has 5 heteroatoms. The average molecular weight is 367 g/mol. The van der Waals surface area contributed by atoms with E-state index in [4.69, 9.17) is 16.3 Å². The van der Waals surface area contributed by atoms with Crippen molar-refractivity contribution in [3.8, 4) is 0 Å². The lowest BCUT2D eigenvalue weighted by atomic mass is 9.99. The molecule has 4 nitrogen and oxygen atoms in total. The molecule has 0 saturated heterocycles. The van der Waals surface area contributed by atoms with Gasteiger partial charge in [-0.05, 0) is 61.0 Å². The molecule has 1 unspecified atom stereocenters. The first-order valence-electron chi connectivity index (χ1n) is 8.69. The number of nitrogens with zero attached hydrogens (tertiary/aromatic N) is 2. The van der Waals surface area contributed by atoms with Crippen LogP contribution in [-0.2, 0) is 9.53 Å². The number of carbonyl (C=O) groups is 1. The molecular weight excluding hydrogens is 348 g/mol. The van der Waals surface area contributed by atoms with E-state index >= 15 is 0 Å². The van der Waals surface area contributed by atoms with Crippen LogP contribution >= 0.6 is 11.6 Å². The van der Waals surface area contributed by atoms with Crippen LogP contribution in [-0.4, -0.2) is 25.2 Å². The highest BCUT2D eigenvalue weighted by Crippen LogP contribution is 2.40. The molecule has 2 heterocycles. The van der Waals surface area contributed by atoms with Gasteiger partial charge in [-0.15, -0.1) is 0 Å². The molecule has 2 aromatic rings. The Bertz CT molecular complexity index is 1040. The second-order valence-electron chi connectivity index (χ2n) is 6.40. The minimum absolute atomic E-state index is 0.0354. The maximum Gasteiger partial charge on any atom is 0.325 e. The molecule has 0 saturated carbocycles. The molecule has 0 aromatic heterocycles. The largest absolute Gasteiger partial charge is 0.465 e. The van der Waals surface area contributed by atoms with Crippen molar-refractivity contribution >= 4 is 34.9 Å². The third-order valence-electron chi connectivity index (χ3n) is 4.85. The molecule has 2 aromatic carbocycles. The number of hydrogen-bond acceptors (Lipinski definition) is 4. The smallest absolute Gasteiger partial charge is 0.325 e. The Labute approximate surface area is 157 Å². The van der Waals surface area contributed by atoms with Crippen molar-refractivity contribution in [3.05, 3.63) is 69.3 Å². The van der Waals surface area contributed by atoms with Crippen molar-refractivity contribution in [2.24, 2.45) is 4.99 Å². The van der Waals surface area contributed by atoms with E-state index < -0.39 is 0 Å². The van der Waals surface area contributed by atoms with Crippen LogP contribution in [0.15, 0.2) is 47.6 Å². The lowest BCUT2D eigenvalue weighted by Gasteiger charge is -2.24. The molecule has 0 spiro atoms. The fraction of sp³-hybridized carbons (Fsp3) is 0.238. The Hall–Kier alpha value is -2.59. The molecule has 2 aliphatic heterocycles. The van der Waals surface area contributed by atoms with Crippen molar-refractivity contribution in [2.45, 2.75) is 19.9 Å². The number of hydrogen-bond donors (Lipinski definition) is 0. The van der Waals surface area contributed by atoms with E-state index in [1.807, 2.05) is 43.5 Å². The van der Waals surface area contributed by atoms with Gasteiger partial charge in [0, 0.05) is 28.0 Å². The number of anilines is 1. The maximum absolute atomic E-state index is 12.1. The van der Waals surface area contributed by atoms with Crippen molar-refractivity contribution in [3.63, 3.8) is 0 Å². The standard InChI is InChI=1S/C21H19ClN2O2/c1-3-26-20(25)12-24-13(2)21(17-11-16(22)5-7-19(17)24)15-4-6-18-14(10-15)8-9-23-18/h4-11,13H,3,12H2,1-2H3. The van der Waals surface area contributed by atoms with E-state index in [-0.39, 0.29) is 18.6 Å². The maximum atomic E-state index is 12.1. The third-order valence-corrected chi connectivity index (χ3v) is 5.09. The van der Waals surface area contributed by atoms with Crippen molar-refractivity contribution in [2.75, 3.05) is 18.1 Å². The molecule has 4 rings (SSSR count). The van der Waals surface area contributed by atoms with Crippen LogP contribution in [0.1, 0.15) is 25.0 Å². The first kappa shape index (κ1) is 16.9. The van der Waals surface area contributed by atoms with Gasteiger partial charge in [0.25, 0.3) is 0 Å². The molecule has 0 fully saturated rings. The molecule has 0 N–H and O–H groups in total. The predicted molar refractivity (Wildman–Crippen MR) is 104 cm³/mol. The van der Waals surface area contributed by atoms with Gasteiger partial charge in [-0.1, -0.05) is 17.7 Å². The second-order valence-corrected chi connectivity index (χ2v) is 6.84. The lowest BCUT2D eigenvalue weighted by molar-refractivity contribution is -0.141. The Morgan fingerprint density at radius 2 is 2.12 bits per heavy atom. The summed E-state index contributed by atoms with van der Waals surface area (Å²) >= 11 is 6.27. The number of esters is 1. The summed E-state index contributed by atoms with van der Waals surface area (Å²) in [4.78, 5) is 18.5. The summed E-state index contributed by atoms with van der Waals surface area (Å²) in [5.41, 5.74) is 4.34. The summed E-state index contributed by atoms with van der Waals surface area (Å²) < 4.78 is 5.15. The van der Waals surface area contributed by atoms with E-state index in [2.05, 4.69) is 28.9 Å². The zero-order valence-corrected chi connectivity index (χ0v) is 15.5. The highest BCUT2D eigenvalue weighted by Gasteiger charge is 2.32. The fourth-order valence-electron chi connectivity index (χ4n) is 3.70. The van der Waals surface area contributed by atoms with Gasteiger partial charge in [-0.2, -0.15) is 0 Å². The van der Waals surface area contributed by atoms with Crippen LogP contribution in [0.2, 0.25) is 5.02 Å². The molecule has 2 aliphatic rings. The highest BCUT2D eigenvalue weighted by molar-refractivity contribution is 6.31. The minimum Gasteiger partial charge on any atom is -0.465 e. The fourth-order valence-corrected chi connectivity index (χ4v) is 3.87. The zero-order valence-electron chi connectivity index (χ0n) is 14.7. The average Bonchev–Trinajstić information content (AvgIpc) is 3.17. The quantitative estimate of drug-likeness (QED) is 0.784. The van der Waals surface area contributed by atoms with E-state index in [1.54, 1.807) is 0 Å². The normalized spacial score (nSPS) is 19.2. The molecule has 0 bridgehead atoms. The van der Waals surface area contributed by atoms with Gasteiger partial charge in [0.2, 0.25) is 0 Å². The first-order valence-corrected chi connectivity index (χ1v) is 9.07. The van der Waals surface area contributed by atoms with Gasteiger partial charge in [0.05, 0.1) is 18.0 Å². The molecule has 0 radical (unpaired) electrons. The summed E-state index contributed by atoms with van der Waals surface area (Å²) in [6.45, 7) is 4.52. The second kappa shape index (κ2) is 6.61. The van der Waals surface area contributed by atoms with Crippen LogP contribution in [0.5, 0.6) is 0 Å². The summed E-state index contributed by atoms with van der Waals surface area (Å²) in [6, 6.07) is 12.1. The Morgan fingerprint density at radius 1 is 1.27 bits per heavy atom. The number of rotatable bonds is 3. The van der Waals surface area contributed by atoms with Gasteiger partial charge < -0.3 is 9.64 Å². The monoisotopic (exact) mass is 366 g/mol. The first-order chi connectivity index (χ1) is 12.6. The van der Waals surface area contributed by atoms with Crippen molar-refractivity contribution in [1.82, 2.24) is 0 Å². The van der Waals surface area contributed by atoms with Crippen LogP contribution in [0.25, 0.3) is 11.6 Å². The van der Waals surface area contributed by atoms with E-state index in [9.17, 15) is 4.79 Å². The molecule has 132 valence electrons. The van der Waals surface area contributed by atoms with Crippen LogP contribution < -0.4 is 15.5 Å². The zero-order chi connectivity index (χ0) is 18.3. The van der Waals surface area contributed by atoms with Crippen molar-refractivity contribution < 1.29 is 9.53 Å².